The molecule has 0 fully saturated rings. The first kappa shape index (κ1) is 44.7. The van der Waals surface area contributed by atoms with Crippen LogP contribution in [-0.2, 0) is 0 Å². The molecule has 23 heteroatoms. The van der Waals surface area contributed by atoms with Crippen LogP contribution in [0.2, 0.25) is 0 Å². The van der Waals surface area contributed by atoms with Crippen LogP contribution >= 0.6 is 0 Å². The van der Waals surface area contributed by atoms with Crippen molar-refractivity contribution in [1.29, 1.82) is 0 Å². The number of pyridine rings is 1. The third-order valence-corrected chi connectivity index (χ3v) is 9.32. The number of hydrogen-bond acceptors (Lipinski definition) is 1. The van der Waals surface area contributed by atoms with Crippen LogP contribution in [0.3, 0.4) is 0 Å². The molecule has 0 unspecified atom stereocenters. The second kappa shape index (κ2) is 16.6. The SMILES string of the molecule is Fc1c(F)c(F)c([B-](c2c(F)c(F)c(F)c(F)c2F)(c2c(F)c(F)c(F)c(F)c2F)c2c(F)c(F)c(F)c(F)c2F)c(F)c1F.c1ccc(O[n+]2ccc3ccccc3c2)cc1. The Balaban J connectivity index is 0.000000311. The van der Waals surface area contributed by atoms with E-state index in [-0.39, 0.29) is 0 Å². The van der Waals surface area contributed by atoms with Gasteiger partial charge in [-0.05, 0) is 23.6 Å². The molecule has 2 nitrogen and oxygen atoms in total. The number of halogens is 20. The predicted molar refractivity (Wildman–Crippen MR) is 176 cm³/mol. The van der Waals surface area contributed by atoms with E-state index in [2.05, 4.69) is 12.1 Å². The van der Waals surface area contributed by atoms with E-state index in [1.165, 1.54) is 5.39 Å². The van der Waals surface area contributed by atoms with E-state index in [1.54, 1.807) is 4.73 Å². The van der Waals surface area contributed by atoms with Gasteiger partial charge in [-0.25, -0.2) is 92.6 Å². The van der Waals surface area contributed by atoms with Gasteiger partial charge in [-0.1, -0.05) is 36.4 Å². The topological polar surface area (TPSA) is 13.1 Å². The molecule has 1 heterocycles. The summed E-state index contributed by atoms with van der Waals surface area (Å²) in [5, 5.41) is 2.37. The molecule has 0 saturated carbocycles. The molecule has 0 spiro atoms. The number of benzene rings is 6. The lowest BCUT2D eigenvalue weighted by Crippen LogP contribution is -2.81. The zero-order chi connectivity index (χ0) is 45.9. The molecule has 0 aliphatic rings. The van der Waals surface area contributed by atoms with Gasteiger partial charge in [-0.3, -0.25) is 0 Å². The predicted octanol–water partition coefficient (Wildman–Crippen LogP) is 8.82. The second-order valence-electron chi connectivity index (χ2n) is 12.6. The Morgan fingerprint density at radius 2 is 0.548 bits per heavy atom. The summed E-state index contributed by atoms with van der Waals surface area (Å²) in [6.07, 6.45) is -3.33. The first-order valence-electron chi connectivity index (χ1n) is 16.5. The molecule has 6 aromatic carbocycles. The molecule has 0 bridgehead atoms. The average Bonchev–Trinajstić information content (AvgIpc) is 3.26. The molecule has 0 aliphatic carbocycles. The van der Waals surface area contributed by atoms with Crippen LogP contribution in [0.1, 0.15) is 0 Å². The van der Waals surface area contributed by atoms with Gasteiger partial charge >= 0.3 is 0 Å². The second-order valence-corrected chi connectivity index (χ2v) is 12.6. The zero-order valence-electron chi connectivity index (χ0n) is 29.4. The lowest BCUT2D eigenvalue weighted by atomic mass is 9.12. The fourth-order valence-electron chi connectivity index (χ4n) is 6.65. The van der Waals surface area contributed by atoms with Gasteiger partial charge < -0.3 is 0 Å². The van der Waals surface area contributed by atoms with Crippen molar-refractivity contribution in [3.63, 3.8) is 0 Å². The molecule has 322 valence electrons. The molecule has 7 rings (SSSR count). The lowest BCUT2D eigenvalue weighted by Gasteiger charge is -2.44. The number of para-hydroxylation sites is 1. The minimum atomic E-state index is -7.22. The van der Waals surface area contributed by atoms with Gasteiger partial charge in [-0.2, -0.15) is 0 Å². The molecule has 0 atom stereocenters. The number of nitrogens with zero attached hydrogens (tertiary/aromatic N) is 1. The largest absolute Gasteiger partial charge is 0.232 e. The van der Waals surface area contributed by atoms with Crippen molar-refractivity contribution in [3.8, 4) is 5.75 Å². The molecule has 0 saturated heterocycles. The van der Waals surface area contributed by atoms with Crippen LogP contribution in [0.25, 0.3) is 10.8 Å². The Morgan fingerprint density at radius 3 is 0.855 bits per heavy atom. The number of aromatic nitrogens is 1. The van der Waals surface area contributed by atoms with Crippen LogP contribution in [0.15, 0.2) is 73.1 Å². The third kappa shape index (κ3) is 6.87. The van der Waals surface area contributed by atoms with Crippen molar-refractivity contribution >= 4 is 38.8 Å². The smallest absolute Gasteiger partial charge is 0.230 e. The summed E-state index contributed by atoms with van der Waals surface area (Å²) in [7, 11) is 0. The van der Waals surface area contributed by atoms with E-state index < -0.39 is 144 Å². The number of hydrogen-bond donors (Lipinski definition) is 0. The Morgan fingerprint density at radius 1 is 0.290 bits per heavy atom. The minimum Gasteiger partial charge on any atom is -0.232 e. The van der Waals surface area contributed by atoms with Crippen molar-refractivity contribution in [3.05, 3.63) is 189 Å². The van der Waals surface area contributed by atoms with Gasteiger partial charge in [0.25, 0.3) is 0 Å². The van der Waals surface area contributed by atoms with Gasteiger partial charge in [0.15, 0.2) is 69.8 Å². The highest BCUT2D eigenvalue weighted by Gasteiger charge is 2.52. The van der Waals surface area contributed by atoms with Crippen molar-refractivity contribution in [2.24, 2.45) is 0 Å². The highest BCUT2D eigenvalue weighted by Crippen LogP contribution is 2.31. The molecular formula is C39H12BF20NO. The highest BCUT2D eigenvalue weighted by atomic mass is 19.2. The Labute approximate surface area is 331 Å². The summed E-state index contributed by atoms with van der Waals surface area (Å²) in [6.45, 7) is 0. The van der Waals surface area contributed by atoms with Gasteiger partial charge in [0, 0.05) is 10.8 Å². The monoisotopic (exact) mass is 901 g/mol. The third-order valence-electron chi connectivity index (χ3n) is 9.32. The van der Waals surface area contributed by atoms with Crippen LogP contribution in [0, 0.1) is 116 Å². The van der Waals surface area contributed by atoms with Gasteiger partial charge in [0.1, 0.15) is 52.7 Å². The van der Waals surface area contributed by atoms with E-state index in [4.69, 9.17) is 4.84 Å². The summed E-state index contributed by atoms with van der Waals surface area (Å²) in [4.78, 5) is 5.70. The van der Waals surface area contributed by atoms with Crippen LogP contribution in [0.4, 0.5) is 87.8 Å². The van der Waals surface area contributed by atoms with Crippen LogP contribution in [-0.4, -0.2) is 6.15 Å². The Kier molecular flexibility index (Phi) is 12.0. The van der Waals surface area contributed by atoms with Gasteiger partial charge in [0.2, 0.25) is 18.1 Å². The zero-order valence-corrected chi connectivity index (χ0v) is 29.4. The maximum absolute atomic E-state index is 15.4. The van der Waals surface area contributed by atoms with Crippen molar-refractivity contribution in [2.45, 2.75) is 0 Å². The standard InChI is InChI=1S/C24BF20.C15H12NO/c26-5-1(6(27)14(35)21(42)13(5)34)25(2-7(28)15(36)22(43)16(37)8(2)29,3-9(30)17(38)23(44)18(39)10(3)31)4-11(32)19(40)24(45)20(41)12(4)33;1-2-8-15(9-3-1)17-16-11-10-13-6-4-5-7-14(13)12-16/h;1-12H/q-1;+1. The van der Waals surface area contributed by atoms with E-state index in [9.17, 15) is 52.7 Å². The van der Waals surface area contributed by atoms with E-state index >= 15 is 35.1 Å². The highest BCUT2D eigenvalue weighted by molar-refractivity contribution is 7.20. The fourth-order valence-corrected chi connectivity index (χ4v) is 6.65. The van der Waals surface area contributed by atoms with Crippen molar-refractivity contribution in [1.82, 2.24) is 0 Å². The molecule has 1 aromatic heterocycles. The Bertz CT molecular complexity index is 2570. The lowest BCUT2D eigenvalue weighted by molar-refractivity contribution is -0.874. The summed E-state index contributed by atoms with van der Waals surface area (Å²) in [5.41, 5.74) is -14.3. The van der Waals surface area contributed by atoms with E-state index in [0.717, 1.165) is 11.1 Å². The minimum absolute atomic E-state index is 0.827. The maximum Gasteiger partial charge on any atom is 0.230 e. The average molecular weight is 901 g/mol. The van der Waals surface area contributed by atoms with Crippen molar-refractivity contribution in [2.75, 3.05) is 0 Å². The van der Waals surface area contributed by atoms with E-state index in [1.807, 2.05) is 60.9 Å². The van der Waals surface area contributed by atoms with E-state index in [0.29, 0.717) is 0 Å². The summed E-state index contributed by atoms with van der Waals surface area (Å²) in [5.74, 6) is -70.6. The molecule has 0 amide bonds. The number of fused-ring (bicyclic) bond motifs is 1. The van der Waals surface area contributed by atoms with Gasteiger partial charge in [-0.15, -0.1) is 21.9 Å². The summed E-state index contributed by atoms with van der Waals surface area (Å²) < 4.78 is 296. The molecule has 0 N–H and O–H groups in total. The molecule has 0 radical (unpaired) electrons. The van der Waals surface area contributed by atoms with Gasteiger partial charge in [0.05, 0.1) is 5.39 Å². The molecule has 0 aliphatic heterocycles. The summed E-state index contributed by atoms with van der Waals surface area (Å²) >= 11 is 0. The fraction of sp³-hybridized carbons (Fsp3) is 0. The normalized spacial score (nSPS) is 11.5. The quantitative estimate of drug-likeness (QED) is 0.0535. The first-order chi connectivity index (χ1) is 29.1. The van der Waals surface area contributed by atoms with Crippen LogP contribution < -0.4 is 31.4 Å². The maximum atomic E-state index is 15.4. The first-order valence-corrected chi connectivity index (χ1v) is 16.5. The van der Waals surface area contributed by atoms with Crippen LogP contribution in [0.5, 0.6) is 5.75 Å². The molecule has 62 heavy (non-hydrogen) atoms. The Hall–Kier alpha value is -6.81. The summed E-state index contributed by atoms with van der Waals surface area (Å²) in [6, 6.07) is 20.0. The molecular weight excluding hydrogens is 889 g/mol. The number of rotatable bonds is 6. The molecule has 7 aromatic rings. The van der Waals surface area contributed by atoms with Crippen molar-refractivity contribution < 1.29 is 97.4 Å².